The number of aromatic nitrogens is 2. The van der Waals surface area contributed by atoms with Gasteiger partial charge in [0.2, 0.25) is 5.91 Å². The quantitative estimate of drug-likeness (QED) is 0.333. The van der Waals surface area contributed by atoms with Crippen LogP contribution in [0.3, 0.4) is 0 Å². The number of hydrogen-bond acceptors (Lipinski definition) is 5. The molecule has 0 bridgehead atoms. The van der Waals surface area contributed by atoms with Gasteiger partial charge >= 0.3 is 18.9 Å². The average Bonchev–Trinajstić information content (AvgIpc) is 3.40. The molecule has 8 nitrogen and oxygen atoms in total. The van der Waals surface area contributed by atoms with Crippen molar-refractivity contribution < 1.29 is 37.9 Å². The first kappa shape index (κ1) is 33.8. The summed E-state index contributed by atoms with van der Waals surface area (Å²) in [5.74, 6) is 0.577. The molecule has 10 heteroatoms. The van der Waals surface area contributed by atoms with Crippen molar-refractivity contribution in [2.75, 3.05) is 32.6 Å². The summed E-state index contributed by atoms with van der Waals surface area (Å²) in [6.45, 7) is 8.08. The van der Waals surface area contributed by atoms with Crippen LogP contribution in [0.5, 0.6) is 11.5 Å². The van der Waals surface area contributed by atoms with Crippen molar-refractivity contribution in [1.29, 1.82) is 0 Å². The van der Waals surface area contributed by atoms with Crippen LogP contribution in [-0.4, -0.2) is 53.8 Å². The number of rotatable bonds is 8. The monoisotopic (exact) mass is 568 g/mol. The maximum absolute atomic E-state index is 13.3. The molecule has 0 saturated heterocycles. The molecule has 0 unspecified atom stereocenters. The molecule has 0 spiro atoms. The Morgan fingerprint density at radius 3 is 2.46 bits per heavy atom. The van der Waals surface area contributed by atoms with Crippen LogP contribution in [-0.2, 0) is 6.42 Å². The van der Waals surface area contributed by atoms with Gasteiger partial charge in [0.15, 0.2) is 17.2 Å². The third-order valence-corrected chi connectivity index (χ3v) is 6.72. The van der Waals surface area contributed by atoms with E-state index in [2.05, 4.69) is 30.3 Å². The van der Waals surface area contributed by atoms with Gasteiger partial charge in [0.05, 0.1) is 30.6 Å². The van der Waals surface area contributed by atoms with Crippen LogP contribution < -0.4 is 33.7 Å². The molecule has 2 amide bonds. The van der Waals surface area contributed by atoms with Gasteiger partial charge in [-0.2, -0.15) is 5.10 Å². The van der Waals surface area contributed by atoms with Crippen LogP contribution >= 0.6 is 11.6 Å². The Bertz CT molecular complexity index is 1430. The fraction of sp³-hybridized carbons (Fsp3) is 0.226. The first-order chi connectivity index (χ1) is 18.9. The summed E-state index contributed by atoms with van der Waals surface area (Å²) in [5.41, 5.74) is 3.58. The number of ether oxygens (including phenoxy) is 2. The molecule has 2 heterocycles. The summed E-state index contributed by atoms with van der Waals surface area (Å²) >= 11 is 6.43. The van der Waals surface area contributed by atoms with Gasteiger partial charge in [-0.3, -0.25) is 9.59 Å². The van der Waals surface area contributed by atoms with E-state index in [-0.39, 0.29) is 42.9 Å². The number of nitrogens with zero attached hydrogens (tertiary/aromatic N) is 3. The molecular formula is C31H34ClLiN4O4-2. The van der Waals surface area contributed by atoms with Gasteiger partial charge in [-0.15, -0.1) is 13.1 Å². The largest absolute Gasteiger partial charge is 1.00 e. The van der Waals surface area contributed by atoms with Gasteiger partial charge in [-0.05, 0) is 67.8 Å². The summed E-state index contributed by atoms with van der Waals surface area (Å²) in [4.78, 5) is 27.3. The molecule has 1 aliphatic heterocycles. The second kappa shape index (κ2) is 15.5. The number of aryl methyl sites for hydroxylation is 1. The minimum Gasteiger partial charge on any atom is -0.493 e. The predicted octanol–water partition coefficient (Wildman–Crippen LogP) is 3.15. The van der Waals surface area contributed by atoms with Gasteiger partial charge in [0.1, 0.15) is 0 Å². The SMILES string of the molecule is [CH2-]CN(C[CH2-])C(=O)c1ccc(NC(=O)c2cc3n(n2)/C(c2ccc(OC)c(OC)c2)=C\C=C/CCC3)c(Cl)c1.[CH3-].[Li+]. The third-order valence-electron chi connectivity index (χ3n) is 6.41. The number of methoxy groups -OCH3 is 2. The molecule has 0 radical (unpaired) electrons. The van der Waals surface area contributed by atoms with E-state index in [1.165, 1.54) is 11.0 Å². The molecule has 0 aliphatic carbocycles. The minimum atomic E-state index is -0.410. The van der Waals surface area contributed by atoms with E-state index in [1.54, 1.807) is 37.1 Å². The minimum absolute atomic E-state index is 0. The second-order valence-corrected chi connectivity index (χ2v) is 9.22. The van der Waals surface area contributed by atoms with Gasteiger partial charge < -0.3 is 41.0 Å². The number of allylic oxidation sites excluding steroid dienone is 3. The molecule has 0 atom stereocenters. The Hall–Kier alpha value is -3.44. The molecular weight excluding hydrogens is 535 g/mol. The number of benzene rings is 2. The zero-order valence-electron chi connectivity index (χ0n) is 24.1. The Balaban J connectivity index is 0.00000294. The van der Waals surface area contributed by atoms with Crippen molar-refractivity contribution in [3.8, 4) is 11.5 Å². The van der Waals surface area contributed by atoms with Crippen LogP contribution in [0.2, 0.25) is 5.02 Å². The normalized spacial score (nSPS) is 14.3. The standard InChI is InChI=1S/C30H31ClN4O4.CH3.Li/c1-5-34(6-2)30(37)21-13-15-24(23(31)17-21)32-29(36)25-19-22-11-9-7-8-10-12-26(35(22)33-25)20-14-16-27(38-3)28(18-20)39-4;;/h8,10,12-19H,1-2,5-7,9,11H2,3-4H3,(H,32,36);1H3;/q-2;-1;+1/b10-8-,26-12-;;. The number of carbonyl (C=O) groups excluding carboxylic acids is 2. The van der Waals surface area contributed by atoms with Crippen molar-refractivity contribution in [3.63, 3.8) is 0 Å². The van der Waals surface area contributed by atoms with E-state index in [4.69, 9.17) is 21.1 Å². The van der Waals surface area contributed by atoms with E-state index >= 15 is 0 Å². The van der Waals surface area contributed by atoms with Crippen LogP contribution in [0.1, 0.15) is 44.9 Å². The predicted molar refractivity (Wildman–Crippen MR) is 160 cm³/mol. The number of anilines is 1. The van der Waals surface area contributed by atoms with Gasteiger partial charge in [0.25, 0.3) is 5.91 Å². The Labute approximate surface area is 259 Å². The van der Waals surface area contributed by atoms with E-state index in [0.29, 0.717) is 35.8 Å². The molecule has 1 N–H and O–H groups in total. The number of nitrogens with one attached hydrogen (secondary N) is 1. The fourth-order valence-electron chi connectivity index (χ4n) is 4.29. The summed E-state index contributed by atoms with van der Waals surface area (Å²) in [6.07, 6.45) is 8.64. The van der Waals surface area contributed by atoms with Crippen molar-refractivity contribution in [3.05, 3.63) is 110 Å². The van der Waals surface area contributed by atoms with Crippen molar-refractivity contribution in [2.24, 2.45) is 0 Å². The maximum Gasteiger partial charge on any atom is 1.00 e. The number of hydrogen-bond donors (Lipinski definition) is 1. The zero-order valence-corrected chi connectivity index (χ0v) is 24.8. The third kappa shape index (κ3) is 7.65. The van der Waals surface area contributed by atoms with Crippen molar-refractivity contribution >= 4 is 34.8 Å². The number of fused-ring (bicyclic) bond motifs is 1. The molecule has 4 rings (SSSR count). The van der Waals surface area contributed by atoms with Crippen molar-refractivity contribution in [1.82, 2.24) is 14.7 Å². The summed E-state index contributed by atoms with van der Waals surface area (Å²) in [5, 5.41) is 7.75. The summed E-state index contributed by atoms with van der Waals surface area (Å²) in [7, 11) is 3.18. The van der Waals surface area contributed by atoms with Gasteiger partial charge in [-0.25, -0.2) is 4.68 Å². The molecule has 2 aromatic carbocycles. The van der Waals surface area contributed by atoms with Gasteiger partial charge in [-0.1, -0.05) is 23.8 Å². The summed E-state index contributed by atoms with van der Waals surface area (Å²) < 4.78 is 12.7. The first-order valence-electron chi connectivity index (χ1n) is 12.6. The van der Waals surface area contributed by atoms with Crippen LogP contribution in [0.15, 0.2) is 60.7 Å². The van der Waals surface area contributed by atoms with E-state index < -0.39 is 5.91 Å². The van der Waals surface area contributed by atoms with Crippen LogP contribution in [0.4, 0.5) is 5.69 Å². The first-order valence-corrected chi connectivity index (χ1v) is 12.9. The van der Waals surface area contributed by atoms with E-state index in [0.717, 1.165) is 36.2 Å². The van der Waals surface area contributed by atoms with Gasteiger partial charge in [0, 0.05) is 16.8 Å². The summed E-state index contributed by atoms with van der Waals surface area (Å²) in [6, 6.07) is 12.2. The molecule has 1 aromatic heterocycles. The maximum atomic E-state index is 13.3. The number of halogens is 1. The molecule has 1 aliphatic rings. The Morgan fingerprint density at radius 2 is 1.80 bits per heavy atom. The zero-order chi connectivity index (χ0) is 27.9. The Morgan fingerprint density at radius 1 is 1.07 bits per heavy atom. The van der Waals surface area contributed by atoms with Crippen LogP contribution in [0.25, 0.3) is 5.70 Å². The molecule has 41 heavy (non-hydrogen) atoms. The van der Waals surface area contributed by atoms with Crippen LogP contribution in [0, 0.1) is 21.3 Å². The average molecular weight is 569 g/mol. The Kier molecular flexibility index (Phi) is 12.8. The molecule has 3 aromatic rings. The smallest absolute Gasteiger partial charge is 0.493 e. The van der Waals surface area contributed by atoms with E-state index in [9.17, 15) is 9.59 Å². The molecule has 0 saturated carbocycles. The fourth-order valence-corrected chi connectivity index (χ4v) is 4.52. The number of carbonyl (C=O) groups is 2. The topological polar surface area (TPSA) is 85.7 Å². The van der Waals surface area contributed by atoms with E-state index in [1.807, 2.05) is 30.4 Å². The molecule has 0 fully saturated rings. The number of amides is 2. The van der Waals surface area contributed by atoms with Crippen molar-refractivity contribution in [2.45, 2.75) is 19.3 Å². The molecule has 212 valence electrons. The second-order valence-electron chi connectivity index (χ2n) is 8.82.